The molecule has 2 aromatic carbocycles. The second kappa shape index (κ2) is 7.61. The molecule has 30 heavy (non-hydrogen) atoms. The third kappa shape index (κ3) is 3.17. The van der Waals surface area contributed by atoms with Crippen LogP contribution < -0.4 is 10.1 Å². The Bertz CT molecular complexity index is 1270. The van der Waals surface area contributed by atoms with Crippen molar-refractivity contribution in [2.75, 3.05) is 27.7 Å². The maximum Gasteiger partial charge on any atom is 0.270 e. The van der Waals surface area contributed by atoms with Crippen molar-refractivity contribution in [1.29, 1.82) is 0 Å². The number of aryl methyl sites for hydroxylation is 2. The Hall–Kier alpha value is -3.12. The number of benzene rings is 2. The van der Waals surface area contributed by atoms with E-state index in [9.17, 15) is 4.79 Å². The Morgan fingerprint density at radius 1 is 1.23 bits per heavy atom. The molecule has 0 bridgehead atoms. The quantitative estimate of drug-likeness (QED) is 0.548. The zero-order valence-electron chi connectivity index (χ0n) is 18.4. The number of pyridine rings is 1. The second-order valence-electron chi connectivity index (χ2n) is 8.20. The molecule has 0 spiro atoms. The van der Waals surface area contributed by atoms with E-state index in [1.807, 2.05) is 39.2 Å². The first-order valence-corrected chi connectivity index (χ1v) is 10.1. The molecule has 0 saturated carbocycles. The van der Waals surface area contributed by atoms with Crippen LogP contribution in [0.25, 0.3) is 32.6 Å². The SMILES string of the molecule is COc1cccc2c1c1cc3c(C(=O)NC(C)CN(C)C)nccc3c(C)c1n2C. The van der Waals surface area contributed by atoms with E-state index >= 15 is 0 Å². The molecule has 0 aliphatic carbocycles. The van der Waals surface area contributed by atoms with Gasteiger partial charge in [0.15, 0.2) is 0 Å². The molecule has 4 aromatic rings. The number of hydrogen-bond acceptors (Lipinski definition) is 4. The Morgan fingerprint density at radius 2 is 2.00 bits per heavy atom. The minimum atomic E-state index is -0.152. The second-order valence-corrected chi connectivity index (χ2v) is 8.20. The van der Waals surface area contributed by atoms with Crippen molar-refractivity contribution in [3.8, 4) is 5.75 Å². The average Bonchev–Trinajstić information content (AvgIpc) is 2.99. The first kappa shape index (κ1) is 20.2. The molecule has 0 aliphatic rings. The molecule has 2 heterocycles. The van der Waals surface area contributed by atoms with Crippen LogP contribution in [-0.4, -0.2) is 54.1 Å². The van der Waals surface area contributed by atoms with Crippen LogP contribution in [0.3, 0.4) is 0 Å². The van der Waals surface area contributed by atoms with Gasteiger partial charge in [0, 0.05) is 42.0 Å². The van der Waals surface area contributed by atoms with Gasteiger partial charge in [0.1, 0.15) is 11.4 Å². The summed E-state index contributed by atoms with van der Waals surface area (Å²) in [7, 11) is 7.74. The number of methoxy groups -OCH3 is 1. The van der Waals surface area contributed by atoms with Crippen molar-refractivity contribution in [2.45, 2.75) is 19.9 Å². The molecule has 1 atom stereocenters. The number of carbonyl (C=O) groups is 1. The largest absolute Gasteiger partial charge is 0.496 e. The van der Waals surface area contributed by atoms with Crippen LogP contribution in [0, 0.1) is 6.92 Å². The zero-order chi connectivity index (χ0) is 21.6. The Morgan fingerprint density at radius 3 is 2.70 bits per heavy atom. The number of aromatic nitrogens is 2. The van der Waals surface area contributed by atoms with Crippen molar-refractivity contribution in [2.24, 2.45) is 7.05 Å². The van der Waals surface area contributed by atoms with Crippen molar-refractivity contribution >= 4 is 38.5 Å². The molecule has 0 fully saturated rings. The van der Waals surface area contributed by atoms with E-state index in [0.29, 0.717) is 5.69 Å². The van der Waals surface area contributed by atoms with Crippen LogP contribution >= 0.6 is 0 Å². The average molecular weight is 405 g/mol. The minimum Gasteiger partial charge on any atom is -0.496 e. The summed E-state index contributed by atoms with van der Waals surface area (Å²) in [5.41, 5.74) is 3.82. The van der Waals surface area contributed by atoms with Gasteiger partial charge in [-0.3, -0.25) is 9.78 Å². The van der Waals surface area contributed by atoms with Crippen LogP contribution in [0.5, 0.6) is 5.75 Å². The molecule has 0 aliphatic heterocycles. The number of fused-ring (bicyclic) bond motifs is 4. The summed E-state index contributed by atoms with van der Waals surface area (Å²) in [6, 6.07) is 10.2. The van der Waals surface area contributed by atoms with Gasteiger partial charge in [-0.15, -0.1) is 0 Å². The maximum absolute atomic E-state index is 13.1. The van der Waals surface area contributed by atoms with Crippen LogP contribution in [0.4, 0.5) is 0 Å². The monoisotopic (exact) mass is 404 g/mol. The van der Waals surface area contributed by atoms with Crippen LogP contribution in [0.1, 0.15) is 23.0 Å². The van der Waals surface area contributed by atoms with E-state index in [4.69, 9.17) is 4.74 Å². The lowest BCUT2D eigenvalue weighted by Crippen LogP contribution is -2.39. The van der Waals surface area contributed by atoms with Gasteiger partial charge < -0.3 is 19.5 Å². The molecule has 1 unspecified atom stereocenters. The molecule has 156 valence electrons. The van der Waals surface area contributed by atoms with E-state index in [-0.39, 0.29) is 11.9 Å². The molecule has 0 saturated heterocycles. The Labute approximate surface area is 176 Å². The number of carbonyl (C=O) groups excluding carboxylic acids is 1. The minimum absolute atomic E-state index is 0.0204. The van der Waals surface area contributed by atoms with E-state index in [1.54, 1.807) is 13.3 Å². The topological polar surface area (TPSA) is 59.4 Å². The van der Waals surface area contributed by atoms with E-state index in [1.165, 1.54) is 0 Å². The van der Waals surface area contributed by atoms with Crippen molar-refractivity contribution in [1.82, 2.24) is 19.8 Å². The predicted molar refractivity (Wildman–Crippen MR) is 122 cm³/mol. The summed E-state index contributed by atoms with van der Waals surface area (Å²) in [6.45, 7) is 4.87. The number of rotatable bonds is 5. The van der Waals surface area contributed by atoms with Crippen LogP contribution in [0.15, 0.2) is 36.5 Å². The van der Waals surface area contributed by atoms with Gasteiger partial charge in [-0.25, -0.2) is 0 Å². The summed E-state index contributed by atoms with van der Waals surface area (Å²) >= 11 is 0. The van der Waals surface area contributed by atoms with E-state index < -0.39 is 0 Å². The highest BCUT2D eigenvalue weighted by atomic mass is 16.5. The molecule has 0 radical (unpaired) electrons. The molecular weight excluding hydrogens is 376 g/mol. The summed E-state index contributed by atoms with van der Waals surface area (Å²) in [4.78, 5) is 19.6. The van der Waals surface area contributed by atoms with Crippen molar-refractivity contribution in [3.63, 3.8) is 0 Å². The van der Waals surface area contributed by atoms with Crippen LogP contribution in [-0.2, 0) is 7.05 Å². The fourth-order valence-corrected chi connectivity index (χ4v) is 4.54. The fourth-order valence-electron chi connectivity index (χ4n) is 4.54. The fraction of sp³-hybridized carbons (Fsp3) is 0.333. The highest BCUT2D eigenvalue weighted by Gasteiger charge is 2.20. The molecule has 6 heteroatoms. The lowest BCUT2D eigenvalue weighted by molar-refractivity contribution is 0.0931. The highest BCUT2D eigenvalue weighted by molar-refractivity contribution is 6.19. The lowest BCUT2D eigenvalue weighted by atomic mass is 9.99. The highest BCUT2D eigenvalue weighted by Crippen LogP contribution is 2.39. The van der Waals surface area contributed by atoms with Gasteiger partial charge in [-0.1, -0.05) is 6.07 Å². The van der Waals surface area contributed by atoms with Gasteiger partial charge in [0.05, 0.1) is 18.1 Å². The third-order valence-electron chi connectivity index (χ3n) is 5.71. The summed E-state index contributed by atoms with van der Waals surface area (Å²) in [5.74, 6) is 0.673. The third-order valence-corrected chi connectivity index (χ3v) is 5.71. The molecule has 1 amide bonds. The maximum atomic E-state index is 13.1. The van der Waals surface area contributed by atoms with Crippen LogP contribution in [0.2, 0.25) is 0 Å². The van der Waals surface area contributed by atoms with Crippen molar-refractivity contribution < 1.29 is 9.53 Å². The van der Waals surface area contributed by atoms with Gasteiger partial charge in [-0.05, 0) is 63.2 Å². The summed E-state index contributed by atoms with van der Waals surface area (Å²) in [5, 5.41) is 7.09. The number of nitrogens with one attached hydrogen (secondary N) is 1. The zero-order valence-corrected chi connectivity index (χ0v) is 18.4. The predicted octanol–water partition coefficient (Wildman–Crippen LogP) is 3.88. The number of ether oxygens (including phenoxy) is 1. The standard InChI is InChI=1S/C24H28N4O2/c1-14(13-27(3)4)26-24(29)22-17-12-18-21-19(8-7-9-20(21)30-6)28(5)23(18)15(2)16(17)10-11-25-22/h7-12,14H,13H2,1-6H3,(H,26,29). The van der Waals surface area contributed by atoms with E-state index in [2.05, 4.69) is 45.9 Å². The Kier molecular flexibility index (Phi) is 5.12. The lowest BCUT2D eigenvalue weighted by Gasteiger charge is -2.18. The molecular formula is C24H28N4O2. The normalized spacial score (nSPS) is 12.8. The van der Waals surface area contributed by atoms with Gasteiger partial charge >= 0.3 is 0 Å². The van der Waals surface area contributed by atoms with Gasteiger partial charge in [-0.2, -0.15) is 0 Å². The summed E-state index contributed by atoms with van der Waals surface area (Å²) in [6.07, 6.45) is 1.72. The molecule has 6 nitrogen and oxygen atoms in total. The van der Waals surface area contributed by atoms with Crippen molar-refractivity contribution in [3.05, 3.63) is 47.8 Å². The number of amides is 1. The number of nitrogens with zero attached hydrogens (tertiary/aromatic N) is 3. The number of hydrogen-bond donors (Lipinski definition) is 1. The van der Waals surface area contributed by atoms with Gasteiger partial charge in [0.2, 0.25) is 0 Å². The summed E-state index contributed by atoms with van der Waals surface area (Å²) < 4.78 is 7.85. The van der Waals surface area contributed by atoms with E-state index in [0.717, 1.165) is 50.4 Å². The molecule has 4 rings (SSSR count). The first-order chi connectivity index (χ1) is 14.3. The van der Waals surface area contributed by atoms with Gasteiger partial charge in [0.25, 0.3) is 5.91 Å². The Balaban J connectivity index is 1.97. The smallest absolute Gasteiger partial charge is 0.270 e. The molecule has 2 aromatic heterocycles. The first-order valence-electron chi connectivity index (χ1n) is 10.1. The number of likely N-dealkylation sites (N-methyl/N-ethyl adjacent to an activating group) is 1. The molecule has 1 N–H and O–H groups in total.